The lowest BCUT2D eigenvalue weighted by Gasteiger charge is -1.97. The summed E-state index contributed by atoms with van der Waals surface area (Å²) in [6.07, 6.45) is 1.39. The van der Waals surface area contributed by atoms with Gasteiger partial charge in [-0.2, -0.15) is 0 Å². The molecule has 0 aliphatic carbocycles. The van der Waals surface area contributed by atoms with E-state index in [-0.39, 0.29) is 5.97 Å². The Bertz CT molecular complexity index is 76.1. The Hall–Kier alpha value is -0.610. The molecule has 0 aromatic heterocycles. The predicted octanol–water partition coefficient (Wildman–Crippen LogP) is 0.168. The molecule has 10 heavy (non-hydrogen) atoms. The summed E-state index contributed by atoms with van der Waals surface area (Å²) in [5.41, 5.74) is 0. The molecule has 4 N–H and O–H groups in total. The van der Waals surface area contributed by atoms with E-state index in [1.54, 1.807) is 6.92 Å². The van der Waals surface area contributed by atoms with E-state index in [0.717, 1.165) is 6.42 Å². The third kappa shape index (κ3) is 10.4. The molecule has 0 radical (unpaired) electrons. The minimum Gasteiger partial charge on any atom is -0.466 e. The minimum atomic E-state index is -0.105. The molecule has 0 saturated heterocycles. The van der Waals surface area contributed by atoms with Crippen LogP contribution in [0, 0.1) is 0 Å². The predicted molar refractivity (Wildman–Crippen MR) is 39.9 cm³/mol. The van der Waals surface area contributed by atoms with Crippen LogP contribution in [0.3, 0.4) is 0 Å². The van der Waals surface area contributed by atoms with Gasteiger partial charge in [-0.1, -0.05) is 13.8 Å². The van der Waals surface area contributed by atoms with Gasteiger partial charge >= 0.3 is 5.97 Å². The molecule has 0 bridgehead atoms. The van der Waals surface area contributed by atoms with Crippen molar-refractivity contribution in [3.05, 3.63) is 0 Å². The first kappa shape index (κ1) is 12.1. The smallest absolute Gasteiger partial charge is 0.305 e. The maximum Gasteiger partial charge on any atom is 0.305 e. The van der Waals surface area contributed by atoms with Gasteiger partial charge in [0.2, 0.25) is 0 Å². The zero-order valence-corrected chi connectivity index (χ0v) is 6.59. The lowest BCUT2D eigenvalue weighted by atomic mass is 10.5. The van der Waals surface area contributed by atoms with E-state index in [1.807, 2.05) is 6.92 Å². The number of nitrogens with two attached hydrogens (primary N) is 2. The van der Waals surface area contributed by atoms with E-state index >= 15 is 0 Å². The van der Waals surface area contributed by atoms with Crippen molar-refractivity contribution in [3.63, 3.8) is 0 Å². The van der Waals surface area contributed by atoms with Crippen molar-refractivity contribution in [1.29, 1.82) is 0 Å². The van der Waals surface area contributed by atoms with Gasteiger partial charge in [-0.25, -0.2) is 0 Å². The summed E-state index contributed by atoms with van der Waals surface area (Å²) in [5.74, 6) is 7.90. The SMILES string of the molecule is CCCOC(=O)CC.NN. The Kier molecular flexibility index (Phi) is 13.6. The number of ether oxygens (including phenoxy) is 1. The molecule has 4 nitrogen and oxygen atoms in total. The van der Waals surface area contributed by atoms with Crippen LogP contribution in [0.2, 0.25) is 0 Å². The molecule has 0 atom stereocenters. The molecular weight excluding hydrogens is 132 g/mol. The second-order valence-corrected chi connectivity index (χ2v) is 1.57. The third-order valence-electron chi connectivity index (χ3n) is 0.756. The Labute approximate surface area is 61.5 Å². The zero-order chi connectivity index (χ0) is 8.41. The van der Waals surface area contributed by atoms with Crippen molar-refractivity contribution >= 4 is 5.97 Å². The molecule has 0 fully saturated rings. The summed E-state index contributed by atoms with van der Waals surface area (Å²) in [6.45, 7) is 4.33. The molecule has 0 aromatic rings. The molecule has 0 heterocycles. The Balaban J connectivity index is 0. The molecular formula is C6H16N2O2. The molecule has 62 valence electrons. The van der Waals surface area contributed by atoms with E-state index in [4.69, 9.17) is 4.74 Å². The number of carbonyl (C=O) groups excluding carboxylic acids is 1. The molecule has 0 aromatic carbocycles. The van der Waals surface area contributed by atoms with Gasteiger partial charge in [0, 0.05) is 6.42 Å². The summed E-state index contributed by atoms with van der Waals surface area (Å²) in [5, 5.41) is 0. The largest absolute Gasteiger partial charge is 0.466 e. The normalized spacial score (nSPS) is 7.60. The van der Waals surface area contributed by atoms with Gasteiger partial charge in [0.15, 0.2) is 0 Å². The van der Waals surface area contributed by atoms with Crippen LogP contribution in [0.1, 0.15) is 26.7 Å². The number of esters is 1. The highest BCUT2D eigenvalue weighted by Gasteiger charge is 1.93. The van der Waals surface area contributed by atoms with Crippen molar-refractivity contribution in [1.82, 2.24) is 0 Å². The molecule has 0 aliphatic heterocycles. The van der Waals surface area contributed by atoms with Crippen LogP contribution in [0.15, 0.2) is 0 Å². The topological polar surface area (TPSA) is 78.3 Å². The maximum atomic E-state index is 10.3. The van der Waals surface area contributed by atoms with E-state index in [9.17, 15) is 4.79 Å². The van der Waals surface area contributed by atoms with Gasteiger partial charge in [-0.05, 0) is 6.42 Å². The average Bonchev–Trinajstić information content (AvgIpc) is 2.04. The molecule has 0 spiro atoms. The van der Waals surface area contributed by atoms with Crippen molar-refractivity contribution in [2.75, 3.05) is 6.61 Å². The van der Waals surface area contributed by atoms with Gasteiger partial charge in [-0.3, -0.25) is 16.5 Å². The van der Waals surface area contributed by atoms with Crippen molar-refractivity contribution in [2.45, 2.75) is 26.7 Å². The molecule has 0 rings (SSSR count). The zero-order valence-electron chi connectivity index (χ0n) is 6.59. The highest BCUT2D eigenvalue weighted by atomic mass is 16.5. The fraction of sp³-hybridized carbons (Fsp3) is 0.833. The van der Waals surface area contributed by atoms with Crippen LogP contribution in [0.25, 0.3) is 0 Å². The summed E-state index contributed by atoms with van der Waals surface area (Å²) in [4.78, 5) is 10.3. The van der Waals surface area contributed by atoms with E-state index in [1.165, 1.54) is 0 Å². The minimum absolute atomic E-state index is 0.105. The molecule has 0 saturated carbocycles. The summed E-state index contributed by atoms with van der Waals surface area (Å²) in [7, 11) is 0. The van der Waals surface area contributed by atoms with E-state index in [2.05, 4.69) is 11.7 Å². The fourth-order valence-electron chi connectivity index (χ4n) is 0.318. The second kappa shape index (κ2) is 11.2. The summed E-state index contributed by atoms with van der Waals surface area (Å²) >= 11 is 0. The van der Waals surface area contributed by atoms with Crippen LogP contribution in [0.4, 0.5) is 0 Å². The highest BCUT2D eigenvalue weighted by molar-refractivity contribution is 5.68. The third-order valence-corrected chi connectivity index (χ3v) is 0.756. The van der Waals surface area contributed by atoms with Crippen LogP contribution < -0.4 is 11.7 Å². The number of rotatable bonds is 3. The Morgan fingerprint density at radius 2 is 1.90 bits per heavy atom. The molecule has 0 aliphatic rings. The van der Waals surface area contributed by atoms with Gasteiger partial charge in [0.1, 0.15) is 0 Å². The van der Waals surface area contributed by atoms with Crippen molar-refractivity contribution in [3.8, 4) is 0 Å². The lowest BCUT2D eigenvalue weighted by Crippen LogP contribution is -2.02. The van der Waals surface area contributed by atoms with Gasteiger partial charge in [-0.15, -0.1) is 0 Å². The second-order valence-electron chi connectivity index (χ2n) is 1.57. The first-order valence-corrected chi connectivity index (χ1v) is 3.30. The number of hydrazine groups is 1. The Morgan fingerprint density at radius 3 is 2.20 bits per heavy atom. The first-order valence-electron chi connectivity index (χ1n) is 3.30. The van der Waals surface area contributed by atoms with E-state index in [0.29, 0.717) is 13.0 Å². The van der Waals surface area contributed by atoms with Crippen LogP contribution in [0.5, 0.6) is 0 Å². The molecule has 0 amide bonds. The van der Waals surface area contributed by atoms with Crippen molar-refractivity contribution in [2.24, 2.45) is 11.7 Å². The average molecular weight is 148 g/mol. The molecule has 4 heteroatoms. The highest BCUT2D eigenvalue weighted by Crippen LogP contribution is 1.85. The van der Waals surface area contributed by atoms with Crippen LogP contribution in [-0.2, 0) is 9.53 Å². The number of hydrogen-bond donors (Lipinski definition) is 2. The standard InChI is InChI=1S/C6H12O2.H4N2/c1-3-5-8-6(7)4-2;1-2/h3-5H2,1-2H3;1-2H2. The van der Waals surface area contributed by atoms with E-state index < -0.39 is 0 Å². The van der Waals surface area contributed by atoms with Crippen LogP contribution in [-0.4, -0.2) is 12.6 Å². The lowest BCUT2D eigenvalue weighted by molar-refractivity contribution is -0.143. The Morgan fingerprint density at radius 1 is 1.40 bits per heavy atom. The van der Waals surface area contributed by atoms with Gasteiger partial charge in [0.05, 0.1) is 6.61 Å². The van der Waals surface area contributed by atoms with Crippen LogP contribution >= 0.6 is 0 Å². The summed E-state index contributed by atoms with van der Waals surface area (Å²) in [6, 6.07) is 0. The number of carbonyl (C=O) groups is 1. The maximum absolute atomic E-state index is 10.3. The number of hydrogen-bond acceptors (Lipinski definition) is 4. The van der Waals surface area contributed by atoms with Crippen molar-refractivity contribution < 1.29 is 9.53 Å². The van der Waals surface area contributed by atoms with Gasteiger partial charge in [0.25, 0.3) is 0 Å². The monoisotopic (exact) mass is 148 g/mol. The molecule has 0 unspecified atom stereocenters. The summed E-state index contributed by atoms with van der Waals surface area (Å²) < 4.78 is 4.70. The quantitative estimate of drug-likeness (QED) is 0.339. The fourth-order valence-corrected chi connectivity index (χ4v) is 0.318. The van der Waals surface area contributed by atoms with Gasteiger partial charge < -0.3 is 4.74 Å². The first-order chi connectivity index (χ1) is 4.81.